The second-order valence-corrected chi connectivity index (χ2v) is 7.59. The highest BCUT2D eigenvalue weighted by atomic mass is 35.5. The lowest BCUT2D eigenvalue weighted by Crippen LogP contribution is -2.24. The molecule has 1 atom stereocenters. The summed E-state index contributed by atoms with van der Waals surface area (Å²) >= 11 is 6.53. The fourth-order valence-corrected chi connectivity index (χ4v) is 3.13. The lowest BCUT2D eigenvalue weighted by atomic mass is 10.0. The number of hydrogen-bond donors (Lipinski definition) is 1. The number of rotatable bonds is 7. The van der Waals surface area contributed by atoms with E-state index in [1.54, 1.807) is 17.5 Å². The molecule has 154 valence electrons. The van der Waals surface area contributed by atoms with Crippen molar-refractivity contribution in [3.8, 4) is 0 Å². The summed E-state index contributed by atoms with van der Waals surface area (Å²) < 4.78 is 20.3. The van der Waals surface area contributed by atoms with Gasteiger partial charge < -0.3 is 10.1 Å². The highest BCUT2D eigenvalue weighted by Crippen LogP contribution is 2.29. The van der Waals surface area contributed by atoms with Crippen LogP contribution in [0.1, 0.15) is 49.2 Å². The van der Waals surface area contributed by atoms with Crippen LogP contribution in [0.2, 0.25) is 5.15 Å². The van der Waals surface area contributed by atoms with E-state index in [1.807, 2.05) is 13.0 Å². The maximum absolute atomic E-state index is 13.7. The Labute approximate surface area is 174 Å². The topological polar surface area (TPSA) is 68.5 Å². The number of hydrogen-bond acceptors (Lipinski definition) is 5. The first-order chi connectivity index (χ1) is 13.8. The zero-order chi connectivity index (χ0) is 21.1. The summed E-state index contributed by atoms with van der Waals surface area (Å²) in [6.45, 7) is 8.22. The molecule has 1 N–H and O–H groups in total. The third-order valence-corrected chi connectivity index (χ3v) is 5.14. The molecule has 1 aromatic carbocycles. The van der Waals surface area contributed by atoms with Crippen molar-refractivity contribution in [2.24, 2.45) is 5.92 Å². The maximum Gasteiger partial charge on any atom is 0.343 e. The first-order valence-electron chi connectivity index (χ1n) is 9.56. The van der Waals surface area contributed by atoms with E-state index in [-0.39, 0.29) is 29.2 Å². The van der Waals surface area contributed by atoms with E-state index in [1.165, 1.54) is 18.3 Å². The molecule has 29 heavy (non-hydrogen) atoms. The number of carbonyl (C=O) groups excluding carboxylic acids is 1. The minimum atomic E-state index is -0.508. The van der Waals surface area contributed by atoms with Crippen LogP contribution >= 0.6 is 11.6 Å². The molecule has 0 aliphatic heterocycles. The molecular weight excluding hydrogens is 395 g/mol. The van der Waals surface area contributed by atoms with Gasteiger partial charge in [0.05, 0.1) is 12.8 Å². The maximum atomic E-state index is 13.7. The van der Waals surface area contributed by atoms with Crippen molar-refractivity contribution >= 4 is 29.0 Å². The van der Waals surface area contributed by atoms with Crippen molar-refractivity contribution in [2.45, 2.75) is 40.2 Å². The van der Waals surface area contributed by atoms with E-state index < -0.39 is 5.97 Å². The Balaban J connectivity index is 2.15. The third-order valence-electron chi connectivity index (χ3n) is 4.82. The second-order valence-electron chi connectivity index (χ2n) is 7.23. The van der Waals surface area contributed by atoms with Gasteiger partial charge in [-0.1, -0.05) is 37.6 Å². The Morgan fingerprint density at radius 2 is 2.10 bits per heavy atom. The average Bonchev–Trinajstić information content (AvgIpc) is 3.08. The van der Waals surface area contributed by atoms with Crippen molar-refractivity contribution in [2.75, 3.05) is 11.9 Å². The number of nitrogens with zero attached hydrogens (tertiary/aromatic N) is 3. The lowest BCUT2D eigenvalue weighted by molar-refractivity contribution is 0.0528. The van der Waals surface area contributed by atoms with E-state index >= 15 is 0 Å². The summed E-state index contributed by atoms with van der Waals surface area (Å²) in [6.07, 6.45) is 1.79. The van der Waals surface area contributed by atoms with Crippen LogP contribution in [0.3, 0.4) is 0 Å². The van der Waals surface area contributed by atoms with Crippen molar-refractivity contribution in [1.82, 2.24) is 14.6 Å². The molecule has 0 saturated heterocycles. The van der Waals surface area contributed by atoms with Gasteiger partial charge in [0.1, 0.15) is 22.4 Å². The van der Waals surface area contributed by atoms with Gasteiger partial charge in [0, 0.05) is 18.0 Å². The highest BCUT2D eigenvalue weighted by Gasteiger charge is 2.23. The first kappa shape index (κ1) is 21.0. The number of halogens is 2. The molecule has 2 aromatic heterocycles. The number of esters is 1. The largest absolute Gasteiger partial charge is 0.462 e. The lowest BCUT2D eigenvalue weighted by Gasteiger charge is -2.22. The predicted molar refractivity (Wildman–Crippen MR) is 111 cm³/mol. The molecule has 0 unspecified atom stereocenters. The molecule has 3 rings (SSSR count). The number of anilines is 1. The fraction of sp³-hybridized carbons (Fsp3) is 0.381. The van der Waals surface area contributed by atoms with Crippen LogP contribution in [0.4, 0.5) is 10.2 Å². The normalized spacial score (nSPS) is 12.4. The molecular formula is C21H24ClFN4O2. The molecule has 0 saturated carbocycles. The summed E-state index contributed by atoms with van der Waals surface area (Å²) in [4.78, 5) is 16.7. The Bertz CT molecular complexity index is 1030. The molecule has 0 aliphatic rings. The summed E-state index contributed by atoms with van der Waals surface area (Å²) in [5.41, 5.74) is 1.99. The molecule has 0 bridgehead atoms. The monoisotopic (exact) mass is 418 g/mol. The zero-order valence-corrected chi connectivity index (χ0v) is 17.6. The van der Waals surface area contributed by atoms with Crippen LogP contribution in [0.25, 0.3) is 5.65 Å². The minimum Gasteiger partial charge on any atom is -0.462 e. The summed E-state index contributed by atoms with van der Waals surface area (Å²) in [5, 5.41) is 8.02. The Hall–Kier alpha value is -2.67. The van der Waals surface area contributed by atoms with Crippen LogP contribution in [-0.4, -0.2) is 33.2 Å². The summed E-state index contributed by atoms with van der Waals surface area (Å²) in [5.74, 6) is 0.133. The van der Waals surface area contributed by atoms with Crippen LogP contribution in [-0.2, 0) is 11.2 Å². The number of fused-ring (bicyclic) bond motifs is 1. The first-order valence-corrected chi connectivity index (χ1v) is 9.93. The van der Waals surface area contributed by atoms with Crippen molar-refractivity contribution < 1.29 is 13.9 Å². The summed E-state index contributed by atoms with van der Waals surface area (Å²) in [6, 6.07) is 6.43. The molecule has 0 spiro atoms. The number of benzene rings is 1. The molecule has 3 aromatic rings. The average molecular weight is 419 g/mol. The van der Waals surface area contributed by atoms with Crippen molar-refractivity contribution in [3.05, 3.63) is 58.1 Å². The predicted octanol–water partition coefficient (Wildman–Crippen LogP) is 4.75. The minimum absolute atomic E-state index is 0.0955. The van der Waals surface area contributed by atoms with Crippen LogP contribution in [0.15, 0.2) is 30.5 Å². The number of carbonyl (C=O) groups is 1. The van der Waals surface area contributed by atoms with Gasteiger partial charge in [0.15, 0.2) is 5.65 Å². The molecule has 0 aliphatic carbocycles. The van der Waals surface area contributed by atoms with E-state index in [0.717, 1.165) is 5.56 Å². The summed E-state index contributed by atoms with van der Waals surface area (Å²) in [7, 11) is 0. The van der Waals surface area contributed by atoms with Gasteiger partial charge in [-0.15, -0.1) is 0 Å². The Morgan fingerprint density at radius 3 is 2.76 bits per heavy atom. The number of aromatic nitrogens is 3. The second kappa shape index (κ2) is 8.78. The molecule has 6 nitrogen and oxygen atoms in total. The van der Waals surface area contributed by atoms with Gasteiger partial charge in [-0.3, -0.25) is 0 Å². The van der Waals surface area contributed by atoms with Gasteiger partial charge >= 0.3 is 5.97 Å². The highest BCUT2D eigenvalue weighted by molar-refractivity contribution is 6.30. The molecule has 0 fully saturated rings. The Kier molecular flexibility index (Phi) is 6.37. The van der Waals surface area contributed by atoms with Gasteiger partial charge in [-0.05, 0) is 37.5 Å². The smallest absolute Gasteiger partial charge is 0.343 e. The molecule has 2 heterocycles. The fourth-order valence-electron chi connectivity index (χ4n) is 2.89. The van der Waals surface area contributed by atoms with Crippen LogP contribution < -0.4 is 5.32 Å². The zero-order valence-electron chi connectivity index (χ0n) is 16.9. The quantitative estimate of drug-likeness (QED) is 0.443. The van der Waals surface area contributed by atoms with Gasteiger partial charge in [0.25, 0.3) is 0 Å². The van der Waals surface area contributed by atoms with E-state index in [9.17, 15) is 9.18 Å². The SMILES string of the molecule is CCOC(=O)c1cnn2c(N[C@H](C)C(C)C)c(Cc3cccc(F)c3)c(Cl)nc12. The van der Waals surface area contributed by atoms with E-state index in [2.05, 4.69) is 29.2 Å². The number of nitrogens with one attached hydrogen (secondary N) is 1. The van der Waals surface area contributed by atoms with E-state index in [0.29, 0.717) is 29.4 Å². The van der Waals surface area contributed by atoms with Gasteiger partial charge in [-0.2, -0.15) is 9.61 Å². The van der Waals surface area contributed by atoms with Crippen molar-refractivity contribution in [3.63, 3.8) is 0 Å². The molecule has 0 amide bonds. The number of ether oxygens (including phenoxy) is 1. The van der Waals surface area contributed by atoms with Crippen LogP contribution in [0.5, 0.6) is 0 Å². The Morgan fingerprint density at radius 1 is 1.34 bits per heavy atom. The molecule has 8 heteroatoms. The standard InChI is InChI=1S/C21H24ClFN4O2/c1-5-29-21(28)17-11-24-27-19(25-13(4)12(2)3)16(18(22)26-20(17)27)10-14-7-6-8-15(23)9-14/h6-9,11-13,25H,5,10H2,1-4H3/t13-/m1/s1. The van der Waals surface area contributed by atoms with Gasteiger partial charge in [-0.25, -0.2) is 14.2 Å². The molecule has 0 radical (unpaired) electrons. The third kappa shape index (κ3) is 4.50. The van der Waals surface area contributed by atoms with E-state index in [4.69, 9.17) is 16.3 Å². The van der Waals surface area contributed by atoms with Crippen molar-refractivity contribution in [1.29, 1.82) is 0 Å². The van der Waals surface area contributed by atoms with Gasteiger partial charge in [0.2, 0.25) is 0 Å². The van der Waals surface area contributed by atoms with Crippen LogP contribution in [0, 0.1) is 11.7 Å².